The molecule has 1 aliphatic rings. The van der Waals surface area contributed by atoms with E-state index < -0.39 is 0 Å². The molecule has 2 nitrogen and oxygen atoms in total. The molecule has 3 heteroatoms. The molecule has 1 N–H and O–H groups in total. The van der Waals surface area contributed by atoms with E-state index in [0.717, 1.165) is 13.1 Å². The molecule has 1 fully saturated rings. The summed E-state index contributed by atoms with van der Waals surface area (Å²) in [7, 11) is 2.07. The molecule has 19 heavy (non-hydrogen) atoms. The number of halogens is 1. The highest BCUT2D eigenvalue weighted by Crippen LogP contribution is 2.35. The summed E-state index contributed by atoms with van der Waals surface area (Å²) in [6.07, 6.45) is 4.01. The van der Waals surface area contributed by atoms with Gasteiger partial charge in [-0.15, -0.1) is 0 Å². The quantitative estimate of drug-likeness (QED) is 0.905. The van der Waals surface area contributed by atoms with Gasteiger partial charge in [-0.2, -0.15) is 0 Å². The van der Waals surface area contributed by atoms with E-state index in [0.29, 0.717) is 12.0 Å². The Morgan fingerprint density at radius 3 is 2.89 bits per heavy atom. The van der Waals surface area contributed by atoms with Crippen molar-refractivity contribution in [3.63, 3.8) is 0 Å². The van der Waals surface area contributed by atoms with Crippen LogP contribution in [0.5, 0.6) is 0 Å². The van der Waals surface area contributed by atoms with E-state index in [9.17, 15) is 0 Å². The number of benzene rings is 1. The molecular weight excluding hydrogens is 300 g/mol. The van der Waals surface area contributed by atoms with E-state index >= 15 is 0 Å². The lowest BCUT2D eigenvalue weighted by molar-refractivity contribution is 0.162. The monoisotopic (exact) mass is 324 g/mol. The van der Waals surface area contributed by atoms with Gasteiger partial charge < -0.3 is 5.32 Å². The standard InChI is InChI=1S/C16H25BrN2/c1-3-19-10-5-4-7-14(12-18-2)16(19)13-8-6-9-15(17)11-13/h6,8-9,11,14,16,18H,3-5,7,10,12H2,1-2H3. The molecular formula is C16H25BrN2. The van der Waals surface area contributed by atoms with Crippen molar-refractivity contribution >= 4 is 15.9 Å². The third kappa shape index (κ3) is 3.80. The minimum Gasteiger partial charge on any atom is -0.319 e. The van der Waals surface area contributed by atoms with Crippen LogP contribution in [0.3, 0.4) is 0 Å². The predicted molar refractivity (Wildman–Crippen MR) is 85.4 cm³/mol. The van der Waals surface area contributed by atoms with Gasteiger partial charge in [0.2, 0.25) is 0 Å². The summed E-state index contributed by atoms with van der Waals surface area (Å²) in [6, 6.07) is 9.41. The summed E-state index contributed by atoms with van der Waals surface area (Å²) in [5, 5.41) is 3.39. The molecule has 1 aromatic carbocycles. The molecule has 0 bridgehead atoms. The molecule has 0 amide bonds. The highest BCUT2D eigenvalue weighted by molar-refractivity contribution is 9.10. The Bertz CT molecular complexity index is 394. The first-order chi connectivity index (χ1) is 9.26. The first-order valence-electron chi connectivity index (χ1n) is 7.40. The van der Waals surface area contributed by atoms with E-state index in [-0.39, 0.29) is 0 Å². The van der Waals surface area contributed by atoms with Crippen LogP contribution in [0.15, 0.2) is 28.7 Å². The van der Waals surface area contributed by atoms with Crippen molar-refractivity contribution in [1.82, 2.24) is 10.2 Å². The molecule has 0 spiro atoms. The lowest BCUT2D eigenvalue weighted by Gasteiger charge is -2.35. The van der Waals surface area contributed by atoms with Crippen molar-refractivity contribution in [3.8, 4) is 0 Å². The van der Waals surface area contributed by atoms with Gasteiger partial charge in [0.1, 0.15) is 0 Å². The first-order valence-corrected chi connectivity index (χ1v) is 8.19. The van der Waals surface area contributed by atoms with E-state index in [2.05, 4.69) is 64.4 Å². The maximum absolute atomic E-state index is 3.61. The third-order valence-electron chi connectivity index (χ3n) is 4.17. The Morgan fingerprint density at radius 2 is 2.21 bits per heavy atom. The predicted octanol–water partition coefficient (Wildman–Crippen LogP) is 3.83. The lowest BCUT2D eigenvalue weighted by atomic mass is 9.89. The molecule has 1 aromatic rings. The summed E-state index contributed by atoms with van der Waals surface area (Å²) in [5.41, 5.74) is 1.46. The molecule has 2 rings (SSSR count). The summed E-state index contributed by atoms with van der Waals surface area (Å²) < 4.78 is 1.19. The lowest BCUT2D eigenvalue weighted by Crippen LogP contribution is -2.36. The van der Waals surface area contributed by atoms with Crippen LogP contribution < -0.4 is 5.32 Å². The fourth-order valence-corrected chi connectivity index (χ4v) is 3.74. The van der Waals surface area contributed by atoms with Crippen LogP contribution in [0.25, 0.3) is 0 Å². The second-order valence-electron chi connectivity index (χ2n) is 5.44. The summed E-state index contributed by atoms with van der Waals surface area (Å²) >= 11 is 3.61. The Morgan fingerprint density at radius 1 is 1.37 bits per heavy atom. The highest BCUT2D eigenvalue weighted by Gasteiger charge is 2.29. The van der Waals surface area contributed by atoms with Gasteiger partial charge in [0, 0.05) is 10.5 Å². The number of nitrogens with one attached hydrogen (secondary N) is 1. The number of likely N-dealkylation sites (tertiary alicyclic amines) is 1. The molecule has 1 aliphatic heterocycles. The van der Waals surface area contributed by atoms with Gasteiger partial charge in [0.15, 0.2) is 0 Å². The Hall–Kier alpha value is -0.380. The van der Waals surface area contributed by atoms with Crippen molar-refractivity contribution in [1.29, 1.82) is 0 Å². The van der Waals surface area contributed by atoms with Gasteiger partial charge in [0.05, 0.1) is 0 Å². The van der Waals surface area contributed by atoms with Gasteiger partial charge >= 0.3 is 0 Å². The second-order valence-corrected chi connectivity index (χ2v) is 6.36. The zero-order valence-electron chi connectivity index (χ0n) is 12.0. The molecule has 1 heterocycles. The molecule has 0 radical (unpaired) electrons. The van der Waals surface area contributed by atoms with Crippen LogP contribution in [0.2, 0.25) is 0 Å². The van der Waals surface area contributed by atoms with Crippen molar-refractivity contribution < 1.29 is 0 Å². The van der Waals surface area contributed by atoms with Crippen LogP contribution in [0.4, 0.5) is 0 Å². The Balaban J connectivity index is 2.31. The fraction of sp³-hybridized carbons (Fsp3) is 0.625. The van der Waals surface area contributed by atoms with Crippen LogP contribution >= 0.6 is 15.9 Å². The SMILES string of the molecule is CCN1CCCCC(CNC)C1c1cccc(Br)c1. The van der Waals surface area contributed by atoms with Crippen LogP contribution in [-0.4, -0.2) is 31.6 Å². The number of rotatable bonds is 4. The number of hydrogen-bond donors (Lipinski definition) is 1. The average molecular weight is 325 g/mol. The molecule has 2 unspecified atom stereocenters. The minimum atomic E-state index is 0.553. The van der Waals surface area contributed by atoms with E-state index in [4.69, 9.17) is 0 Å². The van der Waals surface area contributed by atoms with E-state index in [1.165, 1.54) is 35.8 Å². The van der Waals surface area contributed by atoms with Crippen LogP contribution in [0, 0.1) is 5.92 Å². The first kappa shape index (κ1) is 15.0. The molecule has 2 atom stereocenters. The Labute approximate surface area is 125 Å². The third-order valence-corrected chi connectivity index (χ3v) is 4.67. The molecule has 0 aromatic heterocycles. The van der Waals surface area contributed by atoms with Gasteiger partial charge in [-0.3, -0.25) is 4.90 Å². The second kappa shape index (κ2) is 7.41. The highest BCUT2D eigenvalue weighted by atomic mass is 79.9. The van der Waals surface area contributed by atoms with Gasteiger partial charge in [0.25, 0.3) is 0 Å². The normalized spacial score (nSPS) is 25.2. The van der Waals surface area contributed by atoms with Crippen molar-refractivity contribution in [2.45, 2.75) is 32.2 Å². The van der Waals surface area contributed by atoms with Crippen LogP contribution in [-0.2, 0) is 0 Å². The van der Waals surface area contributed by atoms with Gasteiger partial charge in [-0.05, 0) is 63.1 Å². The summed E-state index contributed by atoms with van der Waals surface area (Å²) in [5.74, 6) is 0.710. The molecule has 0 saturated carbocycles. The van der Waals surface area contributed by atoms with Crippen LogP contribution in [0.1, 0.15) is 37.8 Å². The average Bonchev–Trinajstić information content (AvgIpc) is 2.61. The largest absolute Gasteiger partial charge is 0.319 e. The molecule has 1 saturated heterocycles. The molecule has 0 aliphatic carbocycles. The summed E-state index contributed by atoms with van der Waals surface area (Å²) in [6.45, 7) is 5.76. The topological polar surface area (TPSA) is 15.3 Å². The van der Waals surface area contributed by atoms with Gasteiger partial charge in [-0.25, -0.2) is 0 Å². The fourth-order valence-electron chi connectivity index (χ4n) is 3.32. The Kier molecular flexibility index (Phi) is 5.86. The van der Waals surface area contributed by atoms with Crippen molar-refractivity contribution in [3.05, 3.63) is 34.3 Å². The summed E-state index contributed by atoms with van der Waals surface area (Å²) in [4.78, 5) is 2.65. The molecule has 106 valence electrons. The maximum Gasteiger partial charge on any atom is 0.0388 e. The van der Waals surface area contributed by atoms with E-state index in [1.807, 2.05) is 0 Å². The zero-order chi connectivity index (χ0) is 13.7. The van der Waals surface area contributed by atoms with Gasteiger partial charge in [-0.1, -0.05) is 41.4 Å². The van der Waals surface area contributed by atoms with E-state index in [1.54, 1.807) is 0 Å². The number of nitrogens with zero attached hydrogens (tertiary/aromatic N) is 1. The van der Waals surface area contributed by atoms with Crippen molar-refractivity contribution in [2.24, 2.45) is 5.92 Å². The van der Waals surface area contributed by atoms with Crippen molar-refractivity contribution in [2.75, 3.05) is 26.7 Å². The zero-order valence-corrected chi connectivity index (χ0v) is 13.6. The number of hydrogen-bond acceptors (Lipinski definition) is 2. The minimum absolute atomic E-state index is 0.553. The smallest absolute Gasteiger partial charge is 0.0388 e. The maximum atomic E-state index is 3.61.